The van der Waals surface area contributed by atoms with Crippen LogP contribution >= 0.6 is 0 Å². The lowest BCUT2D eigenvalue weighted by molar-refractivity contribution is -0.144. The zero-order valence-electron chi connectivity index (χ0n) is 12.5. The van der Waals surface area contributed by atoms with Crippen LogP contribution in [0.1, 0.15) is 25.3 Å². The molecule has 2 rings (SSSR count). The van der Waals surface area contributed by atoms with Crippen molar-refractivity contribution < 1.29 is 14.6 Å². The van der Waals surface area contributed by atoms with Crippen LogP contribution in [0.5, 0.6) is 0 Å². The summed E-state index contributed by atoms with van der Waals surface area (Å²) >= 11 is 0. The fourth-order valence-corrected chi connectivity index (χ4v) is 2.84. The third-order valence-electron chi connectivity index (χ3n) is 4.08. The molecule has 1 saturated heterocycles. The number of likely N-dealkylation sites (tertiary alicyclic amines) is 1. The van der Waals surface area contributed by atoms with Crippen molar-refractivity contribution >= 4 is 5.97 Å². The zero-order chi connectivity index (χ0) is 15.3. The van der Waals surface area contributed by atoms with Gasteiger partial charge in [0.2, 0.25) is 0 Å². The molecule has 21 heavy (non-hydrogen) atoms. The number of aliphatic carboxylic acids is 1. The van der Waals surface area contributed by atoms with E-state index in [9.17, 15) is 9.90 Å². The minimum atomic E-state index is -1.36. The van der Waals surface area contributed by atoms with Gasteiger partial charge in [-0.15, -0.1) is 0 Å². The zero-order valence-corrected chi connectivity index (χ0v) is 12.5. The second-order valence-electron chi connectivity index (χ2n) is 5.57. The molecule has 1 aromatic carbocycles. The van der Waals surface area contributed by atoms with Gasteiger partial charge < -0.3 is 20.5 Å². The van der Waals surface area contributed by atoms with Crippen molar-refractivity contribution in [2.75, 3.05) is 26.2 Å². The summed E-state index contributed by atoms with van der Waals surface area (Å²) in [6.07, 6.45) is 2.15. The van der Waals surface area contributed by atoms with Gasteiger partial charge in [0.1, 0.15) is 0 Å². The third-order valence-corrected chi connectivity index (χ3v) is 4.08. The molecule has 1 atom stereocenters. The molecule has 1 unspecified atom stereocenters. The maximum absolute atomic E-state index is 11.7. The number of carbonyl (C=O) groups is 1. The van der Waals surface area contributed by atoms with E-state index in [1.807, 2.05) is 25.1 Å². The molecule has 1 aromatic rings. The molecule has 1 aliphatic rings. The first-order valence-corrected chi connectivity index (χ1v) is 7.48. The van der Waals surface area contributed by atoms with Crippen LogP contribution in [0.2, 0.25) is 0 Å². The van der Waals surface area contributed by atoms with E-state index < -0.39 is 11.5 Å². The summed E-state index contributed by atoms with van der Waals surface area (Å²) in [5.74, 6) is -0.986. The Kier molecular flexibility index (Phi) is 5.33. The Balaban J connectivity index is 2.03. The molecular formula is C16H24N2O3. The summed E-state index contributed by atoms with van der Waals surface area (Å²) in [7, 11) is 0. The van der Waals surface area contributed by atoms with Gasteiger partial charge in [-0.05, 0) is 25.3 Å². The molecule has 0 amide bonds. The Morgan fingerprint density at radius 2 is 2.00 bits per heavy atom. The highest BCUT2D eigenvalue weighted by molar-refractivity contribution is 5.80. The lowest BCUT2D eigenvalue weighted by Crippen LogP contribution is -2.55. The fraction of sp³-hybridized carbons (Fsp3) is 0.562. The quantitative estimate of drug-likeness (QED) is 0.829. The molecule has 0 saturated carbocycles. The minimum absolute atomic E-state index is 0.292. The first-order chi connectivity index (χ1) is 10.1. The predicted molar refractivity (Wildman–Crippen MR) is 81.0 cm³/mol. The summed E-state index contributed by atoms with van der Waals surface area (Å²) in [5.41, 5.74) is 5.50. The summed E-state index contributed by atoms with van der Waals surface area (Å²) in [4.78, 5) is 13.8. The Morgan fingerprint density at radius 1 is 1.38 bits per heavy atom. The monoisotopic (exact) mass is 292 g/mol. The molecule has 3 N–H and O–H groups in total. The first kappa shape index (κ1) is 15.9. The van der Waals surface area contributed by atoms with Crippen molar-refractivity contribution in [3.05, 3.63) is 35.9 Å². The van der Waals surface area contributed by atoms with E-state index in [1.54, 1.807) is 12.1 Å². The smallest absolute Gasteiger partial charge is 0.329 e. The van der Waals surface area contributed by atoms with Crippen molar-refractivity contribution in [1.82, 2.24) is 4.90 Å². The first-order valence-electron chi connectivity index (χ1n) is 7.48. The fourth-order valence-electron chi connectivity index (χ4n) is 2.84. The molecule has 0 spiro atoms. The highest BCUT2D eigenvalue weighted by atomic mass is 16.5. The lowest BCUT2D eigenvalue weighted by Gasteiger charge is -2.37. The van der Waals surface area contributed by atoms with Crippen LogP contribution in [0.15, 0.2) is 30.3 Å². The Hall–Kier alpha value is -1.43. The standard InChI is InChI=1S/C16H24N2O3/c1-2-21-14-8-10-18(11-9-14)12-16(17,15(19)20)13-6-4-3-5-7-13/h3-7,14H,2,8-12,17H2,1H3,(H,19,20). The Bertz CT molecular complexity index is 458. The SMILES string of the molecule is CCOC1CCN(CC(N)(C(=O)O)c2ccccc2)CC1. The second-order valence-corrected chi connectivity index (χ2v) is 5.57. The van der Waals surface area contributed by atoms with E-state index in [2.05, 4.69) is 4.90 Å². The van der Waals surface area contributed by atoms with Crippen LogP contribution in [-0.4, -0.2) is 48.3 Å². The number of rotatable bonds is 6. The largest absolute Gasteiger partial charge is 0.480 e. The maximum atomic E-state index is 11.7. The van der Waals surface area contributed by atoms with Crippen molar-refractivity contribution in [2.24, 2.45) is 5.73 Å². The summed E-state index contributed by atoms with van der Waals surface area (Å²) in [6, 6.07) is 9.06. The number of carboxylic acids is 1. The summed E-state index contributed by atoms with van der Waals surface area (Å²) in [6.45, 7) is 4.69. The Morgan fingerprint density at radius 3 is 2.52 bits per heavy atom. The number of nitrogens with zero attached hydrogens (tertiary/aromatic N) is 1. The highest BCUT2D eigenvalue weighted by Gasteiger charge is 2.38. The molecule has 0 aromatic heterocycles. The lowest BCUT2D eigenvalue weighted by atomic mass is 9.89. The van der Waals surface area contributed by atoms with Gasteiger partial charge in [-0.2, -0.15) is 0 Å². The summed E-state index contributed by atoms with van der Waals surface area (Å²) in [5, 5.41) is 9.58. The van der Waals surface area contributed by atoms with Crippen molar-refractivity contribution in [1.29, 1.82) is 0 Å². The molecule has 1 aliphatic heterocycles. The molecule has 5 nitrogen and oxygen atoms in total. The van der Waals surface area contributed by atoms with Crippen LogP contribution < -0.4 is 5.73 Å². The van der Waals surface area contributed by atoms with E-state index in [0.29, 0.717) is 18.2 Å². The van der Waals surface area contributed by atoms with Gasteiger partial charge in [0.15, 0.2) is 5.54 Å². The number of benzene rings is 1. The van der Waals surface area contributed by atoms with E-state index in [-0.39, 0.29) is 0 Å². The molecule has 5 heteroatoms. The van der Waals surface area contributed by atoms with Gasteiger partial charge in [-0.1, -0.05) is 30.3 Å². The molecular weight excluding hydrogens is 268 g/mol. The minimum Gasteiger partial charge on any atom is -0.480 e. The number of hydrogen-bond acceptors (Lipinski definition) is 4. The molecule has 1 heterocycles. The van der Waals surface area contributed by atoms with Crippen molar-refractivity contribution in [2.45, 2.75) is 31.4 Å². The van der Waals surface area contributed by atoms with Crippen molar-refractivity contribution in [3.63, 3.8) is 0 Å². The van der Waals surface area contributed by atoms with E-state index in [1.165, 1.54) is 0 Å². The number of hydrogen-bond donors (Lipinski definition) is 2. The predicted octanol–water partition coefficient (Wildman–Crippen LogP) is 1.43. The second kappa shape index (κ2) is 7.02. The van der Waals surface area contributed by atoms with E-state index >= 15 is 0 Å². The van der Waals surface area contributed by atoms with Gasteiger partial charge in [0, 0.05) is 26.2 Å². The van der Waals surface area contributed by atoms with Crippen LogP contribution in [-0.2, 0) is 15.1 Å². The number of nitrogens with two attached hydrogens (primary N) is 1. The summed E-state index contributed by atoms with van der Waals surface area (Å²) < 4.78 is 5.62. The van der Waals surface area contributed by atoms with E-state index in [4.69, 9.17) is 10.5 Å². The maximum Gasteiger partial charge on any atom is 0.329 e. The van der Waals surface area contributed by atoms with Gasteiger partial charge in [-0.3, -0.25) is 0 Å². The van der Waals surface area contributed by atoms with Crippen molar-refractivity contribution in [3.8, 4) is 0 Å². The van der Waals surface area contributed by atoms with Crippen LogP contribution in [0.3, 0.4) is 0 Å². The molecule has 1 fully saturated rings. The van der Waals surface area contributed by atoms with Crippen LogP contribution in [0.25, 0.3) is 0 Å². The number of piperidine rings is 1. The molecule has 0 radical (unpaired) electrons. The van der Waals surface area contributed by atoms with Crippen LogP contribution in [0.4, 0.5) is 0 Å². The molecule has 0 bridgehead atoms. The highest BCUT2D eigenvalue weighted by Crippen LogP contribution is 2.23. The van der Waals surface area contributed by atoms with Gasteiger partial charge in [0.05, 0.1) is 6.10 Å². The molecule has 0 aliphatic carbocycles. The average Bonchev–Trinajstić information content (AvgIpc) is 2.50. The van der Waals surface area contributed by atoms with Gasteiger partial charge in [-0.25, -0.2) is 4.79 Å². The third kappa shape index (κ3) is 3.81. The number of ether oxygens (including phenoxy) is 1. The topological polar surface area (TPSA) is 75.8 Å². The van der Waals surface area contributed by atoms with Gasteiger partial charge >= 0.3 is 5.97 Å². The van der Waals surface area contributed by atoms with Crippen LogP contribution in [0, 0.1) is 0 Å². The molecule has 116 valence electrons. The Labute approximate surface area is 125 Å². The van der Waals surface area contributed by atoms with E-state index in [0.717, 1.165) is 32.5 Å². The normalized spacial score (nSPS) is 20.1. The van der Waals surface area contributed by atoms with Gasteiger partial charge in [0.25, 0.3) is 0 Å². The number of carboxylic acid groups (broad SMARTS) is 1. The average molecular weight is 292 g/mol.